The van der Waals surface area contributed by atoms with Crippen molar-refractivity contribution in [1.29, 1.82) is 5.41 Å². The molecule has 0 spiro atoms. The molecule has 0 amide bonds. The Hall–Kier alpha value is -1.68. The number of azide groups is 1. The maximum Gasteiger partial charge on any atom is 0.265 e. The number of benzene rings is 2. The summed E-state index contributed by atoms with van der Waals surface area (Å²) in [6, 6.07) is 17.9. The maximum atomic E-state index is 11.0. The van der Waals surface area contributed by atoms with Gasteiger partial charge in [0, 0.05) is 9.81 Å². The normalized spacial score (nSPS) is 25.2. The Bertz CT molecular complexity index is 961. The van der Waals surface area contributed by atoms with Crippen LogP contribution in [0.2, 0.25) is 0 Å². The summed E-state index contributed by atoms with van der Waals surface area (Å²) < 4.78 is 15.3. The zero-order valence-electron chi connectivity index (χ0n) is 17.1. The van der Waals surface area contributed by atoms with E-state index in [1.807, 2.05) is 60.7 Å². The van der Waals surface area contributed by atoms with Gasteiger partial charge < -0.3 is 19.3 Å². The van der Waals surface area contributed by atoms with Crippen molar-refractivity contribution in [1.82, 2.24) is 0 Å². The minimum Gasteiger partial charge on any atom is -0.475 e. The highest BCUT2D eigenvalue weighted by Crippen LogP contribution is 2.37. The number of hydrogen-bond acceptors (Lipinski definition) is 7. The van der Waals surface area contributed by atoms with Gasteiger partial charge in [0.1, 0.15) is 30.3 Å². The lowest BCUT2D eigenvalue weighted by Gasteiger charge is -2.42. The van der Waals surface area contributed by atoms with Crippen LogP contribution in [0.5, 0.6) is 0 Å². The van der Waals surface area contributed by atoms with Gasteiger partial charge in [0.25, 0.3) is 3.79 Å². The first-order valence-electron chi connectivity index (χ1n) is 9.83. The van der Waals surface area contributed by atoms with Crippen molar-refractivity contribution in [3.8, 4) is 0 Å². The van der Waals surface area contributed by atoms with Crippen LogP contribution in [0.15, 0.2) is 70.7 Å². The smallest absolute Gasteiger partial charge is 0.265 e. The summed E-state index contributed by atoms with van der Waals surface area (Å²) in [6.07, 6.45) is -3.09. The van der Waals surface area contributed by atoms with Crippen LogP contribution in [0.3, 0.4) is 0 Å². The van der Waals surface area contributed by atoms with Crippen LogP contribution in [0.1, 0.15) is 5.56 Å². The highest BCUT2D eigenvalue weighted by Gasteiger charge is 2.47. The molecule has 0 saturated carbocycles. The molecule has 33 heavy (non-hydrogen) atoms. The summed E-state index contributed by atoms with van der Waals surface area (Å²) in [5.41, 5.74) is 9.36. The van der Waals surface area contributed by atoms with E-state index >= 15 is 0 Å². The molecule has 0 bridgehead atoms. The fourth-order valence-corrected chi connectivity index (χ4v) is 4.45. The van der Waals surface area contributed by atoms with Gasteiger partial charge >= 0.3 is 0 Å². The maximum absolute atomic E-state index is 11.0. The van der Waals surface area contributed by atoms with Crippen molar-refractivity contribution >= 4 is 52.5 Å². The van der Waals surface area contributed by atoms with E-state index in [1.165, 1.54) is 11.8 Å². The molecule has 0 unspecified atom stereocenters. The molecule has 1 aliphatic rings. The van der Waals surface area contributed by atoms with E-state index < -0.39 is 39.5 Å². The molecule has 2 aromatic rings. The highest BCUT2D eigenvalue weighted by atomic mass is 35.6. The van der Waals surface area contributed by atoms with Gasteiger partial charge in [0.2, 0.25) is 5.90 Å². The van der Waals surface area contributed by atoms with Gasteiger partial charge in [-0.1, -0.05) is 100 Å². The Morgan fingerprint density at radius 3 is 2.39 bits per heavy atom. The summed E-state index contributed by atoms with van der Waals surface area (Å²) in [4.78, 5) is 3.81. The molecular weight excluding hydrogens is 511 g/mol. The van der Waals surface area contributed by atoms with Crippen LogP contribution in [0.4, 0.5) is 0 Å². The molecular formula is C21H21Cl3N4O4S. The molecule has 0 radical (unpaired) electrons. The van der Waals surface area contributed by atoms with Gasteiger partial charge in [-0.15, -0.1) is 0 Å². The van der Waals surface area contributed by atoms with E-state index in [9.17, 15) is 10.6 Å². The highest BCUT2D eigenvalue weighted by molar-refractivity contribution is 7.99. The first-order chi connectivity index (χ1) is 15.8. The van der Waals surface area contributed by atoms with Crippen molar-refractivity contribution in [2.75, 3.05) is 6.61 Å². The lowest BCUT2D eigenvalue weighted by molar-refractivity contribution is -0.184. The third-order valence-corrected chi connectivity index (χ3v) is 6.44. The van der Waals surface area contributed by atoms with E-state index in [2.05, 4.69) is 10.0 Å². The third kappa shape index (κ3) is 7.40. The number of hydrogen-bond donors (Lipinski definition) is 2. The number of rotatable bonds is 8. The molecule has 5 atom stereocenters. The summed E-state index contributed by atoms with van der Waals surface area (Å²) >= 11 is 18.4. The molecule has 12 heteroatoms. The lowest BCUT2D eigenvalue weighted by Crippen LogP contribution is -2.58. The number of aliphatic hydroxyl groups is 1. The number of aliphatic hydroxyl groups excluding tert-OH is 1. The van der Waals surface area contributed by atoms with Gasteiger partial charge in [0.15, 0.2) is 0 Å². The number of nitrogens with zero attached hydrogens (tertiary/aromatic N) is 3. The molecule has 2 N–H and O–H groups in total. The average Bonchev–Trinajstić information content (AvgIpc) is 2.80. The van der Waals surface area contributed by atoms with Crippen LogP contribution in [-0.2, 0) is 20.8 Å². The van der Waals surface area contributed by atoms with E-state index in [0.717, 1.165) is 10.5 Å². The Balaban J connectivity index is 1.83. The molecule has 2 aromatic carbocycles. The topological polar surface area (TPSA) is 121 Å². The van der Waals surface area contributed by atoms with E-state index in [4.69, 9.17) is 54.4 Å². The number of nitrogens with one attached hydrogen (secondary N) is 1. The standard InChI is InChI=1S/C21H21Cl3N4O4S/c22-21(23,24)20(25)31-12-15-17(29)18(30-11-13-7-3-1-4-8-13)16(27-28-26)19(32-15)33-14-9-5-2-6-10-14/h1-10,15-19,25,29H,11-12H2/t15-,16-,17-,18-,19+/m1/s1. The predicted molar refractivity (Wildman–Crippen MR) is 129 cm³/mol. The second-order valence-electron chi connectivity index (χ2n) is 7.06. The fourth-order valence-electron chi connectivity index (χ4n) is 3.16. The first kappa shape index (κ1) is 25.9. The van der Waals surface area contributed by atoms with E-state index in [0.29, 0.717) is 0 Å². The summed E-state index contributed by atoms with van der Waals surface area (Å²) in [5.74, 6) is -0.602. The molecule has 8 nitrogen and oxygen atoms in total. The van der Waals surface area contributed by atoms with Crippen LogP contribution in [0.25, 0.3) is 10.4 Å². The van der Waals surface area contributed by atoms with E-state index in [-0.39, 0.29) is 13.2 Å². The van der Waals surface area contributed by atoms with Crippen molar-refractivity contribution in [3.63, 3.8) is 0 Å². The minimum absolute atomic E-state index is 0.181. The molecule has 1 heterocycles. The van der Waals surface area contributed by atoms with Crippen LogP contribution in [-0.4, -0.2) is 51.2 Å². The number of alkyl halides is 3. The lowest BCUT2D eigenvalue weighted by atomic mass is 9.98. The van der Waals surface area contributed by atoms with Gasteiger partial charge in [-0.05, 0) is 23.2 Å². The number of halogens is 3. The second kappa shape index (κ2) is 12.1. The second-order valence-corrected chi connectivity index (χ2v) is 10.5. The average molecular weight is 532 g/mol. The molecule has 1 aliphatic heterocycles. The minimum atomic E-state index is -2.05. The van der Waals surface area contributed by atoms with Crippen LogP contribution < -0.4 is 0 Å². The quantitative estimate of drug-likeness (QED) is 0.116. The Morgan fingerprint density at radius 1 is 1.15 bits per heavy atom. The molecule has 1 fully saturated rings. The van der Waals surface area contributed by atoms with Crippen LogP contribution in [0, 0.1) is 5.41 Å². The fraction of sp³-hybridized carbons (Fsp3) is 0.381. The van der Waals surface area contributed by atoms with Gasteiger partial charge in [0.05, 0.1) is 12.7 Å². The number of ether oxygens (including phenoxy) is 3. The van der Waals surface area contributed by atoms with Crippen molar-refractivity contribution in [2.45, 2.75) is 45.1 Å². The number of thioether (sulfide) groups is 1. The third-order valence-electron chi connectivity index (χ3n) is 4.76. The van der Waals surface area contributed by atoms with Crippen molar-refractivity contribution in [2.24, 2.45) is 5.11 Å². The Morgan fingerprint density at radius 2 is 1.79 bits per heavy atom. The SMILES string of the molecule is [N-]=[N+]=N[C@@H]1[C@@H](OCc2ccccc2)[C@H](O)[C@@H](COC(=N)C(Cl)(Cl)Cl)O[C@H]1Sc1ccccc1. The first-order valence-corrected chi connectivity index (χ1v) is 11.8. The molecule has 0 aliphatic carbocycles. The zero-order valence-corrected chi connectivity index (χ0v) is 20.2. The van der Waals surface area contributed by atoms with Crippen molar-refractivity contribution < 1.29 is 19.3 Å². The Kier molecular flexibility index (Phi) is 9.55. The van der Waals surface area contributed by atoms with Gasteiger partial charge in [-0.25, -0.2) is 0 Å². The zero-order chi connectivity index (χ0) is 23.8. The molecule has 0 aromatic heterocycles. The monoisotopic (exact) mass is 530 g/mol. The summed E-state index contributed by atoms with van der Waals surface area (Å²) in [5, 5.41) is 22.6. The predicted octanol–water partition coefficient (Wildman–Crippen LogP) is 5.49. The molecule has 1 saturated heterocycles. The molecule has 3 rings (SSSR count). The summed E-state index contributed by atoms with van der Waals surface area (Å²) in [6.45, 7) is -0.0891. The van der Waals surface area contributed by atoms with E-state index in [1.54, 1.807) is 0 Å². The Labute approximate surface area is 210 Å². The van der Waals surface area contributed by atoms with Gasteiger partial charge in [-0.2, -0.15) is 0 Å². The van der Waals surface area contributed by atoms with Gasteiger partial charge in [-0.3, -0.25) is 5.41 Å². The summed E-state index contributed by atoms with van der Waals surface area (Å²) in [7, 11) is 0. The molecule has 176 valence electrons. The van der Waals surface area contributed by atoms with Crippen LogP contribution >= 0.6 is 46.6 Å². The van der Waals surface area contributed by atoms with Crippen molar-refractivity contribution in [3.05, 3.63) is 76.7 Å². The largest absolute Gasteiger partial charge is 0.475 e.